The fourth-order valence-electron chi connectivity index (χ4n) is 0.389. The van der Waals surface area contributed by atoms with E-state index in [4.69, 9.17) is 0 Å². The summed E-state index contributed by atoms with van der Waals surface area (Å²) in [4.78, 5) is 0. The van der Waals surface area contributed by atoms with Crippen LogP contribution in [0.3, 0.4) is 0 Å². The first kappa shape index (κ1) is 8.38. The molecule has 0 aromatic carbocycles. The lowest BCUT2D eigenvalue weighted by Crippen LogP contribution is -2.55. The SMILES string of the molecule is C=CN1[Si]N[Si]N[Si]N[Si]1. The van der Waals surface area contributed by atoms with Crippen molar-refractivity contribution in [2.45, 2.75) is 0 Å². The maximum absolute atomic E-state index is 3.70. The molecule has 50 valence electrons. The van der Waals surface area contributed by atoms with Gasteiger partial charge in [-0.05, 0) is 6.20 Å². The van der Waals surface area contributed by atoms with Crippen LogP contribution in [0.5, 0.6) is 0 Å². The zero-order chi connectivity index (χ0) is 7.23. The molecule has 1 rings (SSSR count). The molecule has 8 heteroatoms. The molecule has 0 aliphatic carbocycles. The molecule has 0 unspecified atom stereocenters. The Morgan fingerprint density at radius 2 is 1.70 bits per heavy atom. The first-order valence-electron chi connectivity index (χ1n) is 2.61. The van der Waals surface area contributed by atoms with Gasteiger partial charge in [-0.2, -0.15) is 0 Å². The number of rotatable bonds is 1. The number of nitrogens with one attached hydrogen (secondary N) is 3. The van der Waals surface area contributed by atoms with Gasteiger partial charge >= 0.3 is 0 Å². The molecule has 0 spiro atoms. The van der Waals surface area contributed by atoms with Gasteiger partial charge < -0.3 is 18.2 Å². The van der Waals surface area contributed by atoms with Crippen molar-refractivity contribution in [3.8, 4) is 0 Å². The van der Waals surface area contributed by atoms with Crippen molar-refractivity contribution in [2.75, 3.05) is 0 Å². The summed E-state index contributed by atoms with van der Waals surface area (Å²) >= 11 is 0. The molecule has 0 aromatic heterocycles. The van der Waals surface area contributed by atoms with Crippen LogP contribution in [0.1, 0.15) is 0 Å². The van der Waals surface area contributed by atoms with Crippen molar-refractivity contribution >= 4 is 39.4 Å². The minimum absolute atomic E-state index is 0.651. The van der Waals surface area contributed by atoms with Gasteiger partial charge in [-0.1, -0.05) is 6.58 Å². The van der Waals surface area contributed by atoms with Crippen molar-refractivity contribution < 1.29 is 0 Å². The Bertz CT molecular complexity index is 101. The summed E-state index contributed by atoms with van der Waals surface area (Å²) in [6.07, 6.45) is 1.86. The Balaban J connectivity index is 2.22. The molecule has 1 heterocycles. The third-order valence-electron chi connectivity index (χ3n) is 0.785. The van der Waals surface area contributed by atoms with E-state index in [0.29, 0.717) is 39.4 Å². The summed E-state index contributed by atoms with van der Waals surface area (Å²) in [7, 11) is 2.61. The normalized spacial score (nSPS) is 21.4. The van der Waals surface area contributed by atoms with Crippen molar-refractivity contribution in [1.82, 2.24) is 18.2 Å². The molecule has 1 fully saturated rings. The van der Waals surface area contributed by atoms with Gasteiger partial charge in [0, 0.05) is 0 Å². The molecule has 10 heavy (non-hydrogen) atoms. The van der Waals surface area contributed by atoms with E-state index in [-0.39, 0.29) is 0 Å². The Labute approximate surface area is 70.8 Å². The largest absolute Gasteiger partial charge is 0.408 e. The summed E-state index contributed by atoms with van der Waals surface area (Å²) in [6.45, 7) is 3.70. The fourth-order valence-corrected chi connectivity index (χ4v) is 5.09. The quantitative estimate of drug-likeness (QED) is 0.403. The van der Waals surface area contributed by atoms with Gasteiger partial charge in [0.05, 0.1) is 0 Å². The highest BCUT2D eigenvalue weighted by molar-refractivity contribution is 6.65. The summed E-state index contributed by atoms with van der Waals surface area (Å²) in [5, 5.41) is 0. The van der Waals surface area contributed by atoms with Crippen LogP contribution >= 0.6 is 0 Å². The molecule has 1 aliphatic heterocycles. The third kappa shape index (κ3) is 2.92. The van der Waals surface area contributed by atoms with Crippen LogP contribution in [0.4, 0.5) is 0 Å². The third-order valence-corrected chi connectivity index (χ3v) is 5.20. The molecule has 8 radical (unpaired) electrons. The highest BCUT2D eigenvalue weighted by Gasteiger charge is 2.06. The van der Waals surface area contributed by atoms with Crippen LogP contribution in [0, 0.1) is 0 Å². The van der Waals surface area contributed by atoms with Gasteiger partial charge in [-0.15, -0.1) is 0 Å². The van der Waals surface area contributed by atoms with Crippen molar-refractivity contribution in [2.24, 2.45) is 0 Å². The van der Waals surface area contributed by atoms with Crippen molar-refractivity contribution in [3.63, 3.8) is 0 Å². The fraction of sp³-hybridized carbons (Fsp3) is 0. The lowest BCUT2D eigenvalue weighted by Gasteiger charge is -2.19. The summed E-state index contributed by atoms with van der Waals surface area (Å²) < 4.78 is 11.9. The number of nitrogens with zero attached hydrogens (tertiary/aromatic N) is 1. The van der Waals surface area contributed by atoms with E-state index < -0.39 is 0 Å². The molecule has 1 aliphatic rings. The van der Waals surface area contributed by atoms with Crippen LogP contribution in [0.2, 0.25) is 0 Å². The molecular weight excluding hydrogens is 192 g/mol. The molecule has 4 nitrogen and oxygen atoms in total. The van der Waals surface area contributed by atoms with Crippen LogP contribution in [0.15, 0.2) is 12.8 Å². The summed E-state index contributed by atoms with van der Waals surface area (Å²) in [5.41, 5.74) is 0. The monoisotopic (exact) mass is 198 g/mol. The van der Waals surface area contributed by atoms with Gasteiger partial charge in [-0.3, -0.25) is 0 Å². The van der Waals surface area contributed by atoms with Crippen molar-refractivity contribution in [3.05, 3.63) is 12.8 Å². The van der Waals surface area contributed by atoms with Crippen LogP contribution < -0.4 is 13.9 Å². The van der Waals surface area contributed by atoms with E-state index in [1.54, 1.807) is 0 Å². The first-order chi connectivity index (χ1) is 4.93. The van der Waals surface area contributed by atoms with E-state index in [9.17, 15) is 0 Å². The van der Waals surface area contributed by atoms with Gasteiger partial charge in [0.25, 0.3) is 19.7 Å². The molecule has 0 atom stereocenters. The van der Waals surface area contributed by atoms with E-state index in [2.05, 4.69) is 24.8 Å². The molecule has 3 N–H and O–H groups in total. The Kier molecular flexibility index (Phi) is 4.20. The molecule has 1 saturated heterocycles. The Morgan fingerprint density at radius 1 is 1.10 bits per heavy atom. The second-order valence-electron chi connectivity index (χ2n) is 1.40. The lowest BCUT2D eigenvalue weighted by atomic mass is 11.1. The van der Waals surface area contributed by atoms with E-state index >= 15 is 0 Å². The maximum Gasteiger partial charge on any atom is 0.272 e. The summed E-state index contributed by atoms with van der Waals surface area (Å²) in [5.74, 6) is 0. The van der Waals surface area contributed by atoms with E-state index in [1.807, 2.05) is 6.20 Å². The highest BCUT2D eigenvalue weighted by atomic mass is 28.4. The van der Waals surface area contributed by atoms with Crippen molar-refractivity contribution in [1.29, 1.82) is 0 Å². The standard InChI is InChI=1S/C2H6N4Si4/c1-2-6-9-4-7-3-8-5-10-6/h2-5H,1H2. The molecule has 0 amide bonds. The van der Waals surface area contributed by atoms with Crippen LogP contribution in [-0.2, 0) is 0 Å². The van der Waals surface area contributed by atoms with Gasteiger partial charge in [0.2, 0.25) is 19.7 Å². The average Bonchev–Trinajstić information content (AvgIpc) is 1.87. The second kappa shape index (κ2) is 5.01. The van der Waals surface area contributed by atoms with E-state index in [1.165, 1.54) is 0 Å². The predicted molar refractivity (Wildman–Crippen MR) is 44.5 cm³/mol. The molecule has 0 bridgehead atoms. The van der Waals surface area contributed by atoms with Gasteiger partial charge in [0.15, 0.2) is 0 Å². The molecule has 0 aromatic rings. The zero-order valence-corrected chi connectivity index (χ0v) is 9.23. The second-order valence-corrected chi connectivity index (χ2v) is 6.76. The predicted octanol–water partition coefficient (Wildman–Crippen LogP) is -2.65. The van der Waals surface area contributed by atoms with E-state index in [0.717, 1.165) is 0 Å². The lowest BCUT2D eigenvalue weighted by molar-refractivity contribution is 0.903. The Hall–Kier alpha value is 0.288. The highest BCUT2D eigenvalue weighted by Crippen LogP contribution is 1.76. The number of hydrogen-bond acceptors (Lipinski definition) is 4. The van der Waals surface area contributed by atoms with Gasteiger partial charge in [-0.25, -0.2) is 0 Å². The van der Waals surface area contributed by atoms with Crippen LogP contribution in [0.25, 0.3) is 0 Å². The minimum Gasteiger partial charge on any atom is -0.408 e. The molecule has 0 saturated carbocycles. The topological polar surface area (TPSA) is 39.3 Å². The molecular formula is C2H6N4Si4. The summed E-state index contributed by atoms with van der Waals surface area (Å²) in [6, 6.07) is 0. The number of hydrogen-bond donors (Lipinski definition) is 3. The maximum atomic E-state index is 3.70. The minimum atomic E-state index is 0.651. The first-order valence-corrected chi connectivity index (χ1v) is 6.51. The average molecular weight is 198 g/mol. The smallest absolute Gasteiger partial charge is 0.272 e. The van der Waals surface area contributed by atoms with Gasteiger partial charge in [0.1, 0.15) is 0 Å². The van der Waals surface area contributed by atoms with Crippen LogP contribution in [-0.4, -0.2) is 43.6 Å². The zero-order valence-electron chi connectivity index (χ0n) is 5.23. The Morgan fingerprint density at radius 3 is 2.20 bits per heavy atom.